The molecule has 0 saturated carbocycles. The van der Waals surface area contributed by atoms with Gasteiger partial charge in [0, 0.05) is 24.5 Å². The van der Waals surface area contributed by atoms with Crippen molar-refractivity contribution in [1.29, 1.82) is 0 Å². The number of nitrogens with one attached hydrogen (secondary N) is 1. The molecule has 0 fully saturated rings. The quantitative estimate of drug-likeness (QED) is 0.785. The Bertz CT molecular complexity index is 736. The van der Waals surface area contributed by atoms with E-state index in [9.17, 15) is 4.79 Å². The molecule has 0 aliphatic heterocycles. The fraction of sp³-hybridized carbons (Fsp3) is 0.111. The number of amides is 1. The van der Waals surface area contributed by atoms with Crippen molar-refractivity contribution in [2.45, 2.75) is 13.1 Å². The Kier molecular flexibility index (Phi) is 4.30. The monoisotopic (exact) mass is 291 g/mol. The molecular weight excluding hydrogens is 274 g/mol. The topological polar surface area (TPSA) is 46.9 Å². The molecule has 110 valence electrons. The first-order valence-corrected chi connectivity index (χ1v) is 7.20. The molecule has 0 spiro atoms. The number of aromatic nitrogens is 2. The van der Waals surface area contributed by atoms with Crippen LogP contribution < -0.4 is 5.32 Å². The van der Waals surface area contributed by atoms with Crippen LogP contribution in [0.5, 0.6) is 0 Å². The van der Waals surface area contributed by atoms with E-state index >= 15 is 0 Å². The molecule has 22 heavy (non-hydrogen) atoms. The van der Waals surface area contributed by atoms with Crippen LogP contribution in [-0.2, 0) is 13.1 Å². The predicted molar refractivity (Wildman–Crippen MR) is 85.4 cm³/mol. The van der Waals surface area contributed by atoms with Crippen molar-refractivity contribution < 1.29 is 4.79 Å². The minimum absolute atomic E-state index is 0.0637. The third kappa shape index (κ3) is 3.61. The molecule has 0 saturated heterocycles. The van der Waals surface area contributed by atoms with E-state index in [4.69, 9.17) is 0 Å². The summed E-state index contributed by atoms with van der Waals surface area (Å²) >= 11 is 0. The van der Waals surface area contributed by atoms with Crippen LogP contribution in [0.1, 0.15) is 21.5 Å². The molecule has 4 heteroatoms. The van der Waals surface area contributed by atoms with Crippen LogP contribution in [0.2, 0.25) is 0 Å². The maximum absolute atomic E-state index is 12.2. The Morgan fingerprint density at radius 1 is 1.00 bits per heavy atom. The summed E-state index contributed by atoms with van der Waals surface area (Å²) in [7, 11) is 0. The van der Waals surface area contributed by atoms with Gasteiger partial charge in [-0.3, -0.25) is 9.48 Å². The molecule has 0 aliphatic rings. The summed E-state index contributed by atoms with van der Waals surface area (Å²) in [5.41, 5.74) is 2.81. The van der Waals surface area contributed by atoms with Crippen molar-refractivity contribution in [2.24, 2.45) is 0 Å². The van der Waals surface area contributed by atoms with Crippen molar-refractivity contribution in [3.63, 3.8) is 0 Å². The summed E-state index contributed by atoms with van der Waals surface area (Å²) < 4.78 is 1.83. The van der Waals surface area contributed by atoms with Crippen LogP contribution in [0.3, 0.4) is 0 Å². The van der Waals surface area contributed by atoms with E-state index in [0.717, 1.165) is 11.1 Å². The summed E-state index contributed by atoms with van der Waals surface area (Å²) in [4.78, 5) is 12.2. The molecule has 2 aromatic carbocycles. The maximum Gasteiger partial charge on any atom is 0.251 e. The fourth-order valence-corrected chi connectivity index (χ4v) is 2.27. The molecule has 1 amide bonds. The van der Waals surface area contributed by atoms with Gasteiger partial charge >= 0.3 is 0 Å². The Balaban J connectivity index is 1.65. The molecule has 1 N–H and O–H groups in total. The molecule has 4 nitrogen and oxygen atoms in total. The molecule has 0 bridgehead atoms. The first-order chi connectivity index (χ1) is 10.8. The zero-order valence-electron chi connectivity index (χ0n) is 12.1. The zero-order valence-corrected chi connectivity index (χ0v) is 12.1. The van der Waals surface area contributed by atoms with Gasteiger partial charge in [-0.2, -0.15) is 5.10 Å². The van der Waals surface area contributed by atoms with E-state index < -0.39 is 0 Å². The van der Waals surface area contributed by atoms with E-state index in [2.05, 4.69) is 10.4 Å². The van der Waals surface area contributed by atoms with Gasteiger partial charge in [-0.05, 0) is 29.3 Å². The summed E-state index contributed by atoms with van der Waals surface area (Å²) in [6.07, 6.45) is 3.65. The lowest BCUT2D eigenvalue weighted by Crippen LogP contribution is -2.22. The molecule has 3 aromatic rings. The molecule has 3 rings (SSSR count). The number of carbonyl (C=O) groups excluding carboxylic acids is 1. The lowest BCUT2D eigenvalue weighted by atomic mass is 10.1. The third-order valence-electron chi connectivity index (χ3n) is 3.39. The smallest absolute Gasteiger partial charge is 0.251 e. The first kappa shape index (κ1) is 14.1. The molecule has 0 atom stereocenters. The summed E-state index contributed by atoms with van der Waals surface area (Å²) in [5, 5.41) is 7.12. The van der Waals surface area contributed by atoms with Crippen LogP contribution in [0.4, 0.5) is 0 Å². The highest BCUT2D eigenvalue weighted by Gasteiger charge is 2.06. The van der Waals surface area contributed by atoms with Crippen molar-refractivity contribution in [3.05, 3.63) is 89.7 Å². The Morgan fingerprint density at radius 2 is 1.82 bits per heavy atom. The van der Waals surface area contributed by atoms with Gasteiger partial charge in [0.2, 0.25) is 0 Å². The van der Waals surface area contributed by atoms with Gasteiger partial charge < -0.3 is 5.32 Å². The van der Waals surface area contributed by atoms with Crippen molar-refractivity contribution in [3.8, 4) is 0 Å². The molecule has 1 aromatic heterocycles. The first-order valence-electron chi connectivity index (χ1n) is 7.20. The minimum atomic E-state index is -0.0637. The van der Waals surface area contributed by atoms with E-state index in [1.807, 2.05) is 71.5 Å². The van der Waals surface area contributed by atoms with Crippen molar-refractivity contribution in [1.82, 2.24) is 15.1 Å². The lowest BCUT2D eigenvalue weighted by Gasteiger charge is -2.07. The Hall–Kier alpha value is -2.88. The van der Waals surface area contributed by atoms with Gasteiger partial charge in [-0.25, -0.2) is 0 Å². The second-order valence-electron chi connectivity index (χ2n) is 5.07. The van der Waals surface area contributed by atoms with Gasteiger partial charge in [-0.15, -0.1) is 0 Å². The standard InChI is InChI=1S/C18H17N3O/c22-18(19-13-15-6-2-1-3-7-15)17-9-4-8-16(12-17)14-21-11-5-10-20-21/h1-12H,13-14H2,(H,19,22). The molecule has 0 aliphatic carbocycles. The average molecular weight is 291 g/mol. The zero-order chi connectivity index (χ0) is 15.2. The van der Waals surface area contributed by atoms with Gasteiger partial charge in [0.15, 0.2) is 0 Å². The summed E-state index contributed by atoms with van der Waals surface area (Å²) in [5.74, 6) is -0.0637. The number of rotatable bonds is 5. The summed E-state index contributed by atoms with van der Waals surface area (Å²) in [6, 6.07) is 19.4. The minimum Gasteiger partial charge on any atom is -0.348 e. The van der Waals surface area contributed by atoms with E-state index in [1.165, 1.54) is 0 Å². The van der Waals surface area contributed by atoms with Crippen LogP contribution in [-0.4, -0.2) is 15.7 Å². The number of hydrogen-bond donors (Lipinski definition) is 1. The average Bonchev–Trinajstić information content (AvgIpc) is 3.07. The second kappa shape index (κ2) is 6.72. The highest BCUT2D eigenvalue weighted by Crippen LogP contribution is 2.08. The van der Waals surface area contributed by atoms with Crippen LogP contribution >= 0.6 is 0 Å². The van der Waals surface area contributed by atoms with Gasteiger partial charge in [0.05, 0.1) is 6.54 Å². The van der Waals surface area contributed by atoms with E-state index in [1.54, 1.807) is 6.20 Å². The van der Waals surface area contributed by atoms with Crippen LogP contribution in [0, 0.1) is 0 Å². The highest BCUT2D eigenvalue weighted by atomic mass is 16.1. The van der Waals surface area contributed by atoms with Gasteiger partial charge in [0.25, 0.3) is 5.91 Å². The molecule has 1 heterocycles. The van der Waals surface area contributed by atoms with Gasteiger partial charge in [0.1, 0.15) is 0 Å². The fourth-order valence-electron chi connectivity index (χ4n) is 2.27. The normalized spacial score (nSPS) is 10.4. The lowest BCUT2D eigenvalue weighted by molar-refractivity contribution is 0.0951. The van der Waals surface area contributed by atoms with Crippen molar-refractivity contribution >= 4 is 5.91 Å². The largest absolute Gasteiger partial charge is 0.348 e. The van der Waals surface area contributed by atoms with Crippen LogP contribution in [0.25, 0.3) is 0 Å². The second-order valence-corrected chi connectivity index (χ2v) is 5.07. The Labute approximate surface area is 129 Å². The van der Waals surface area contributed by atoms with Gasteiger partial charge in [-0.1, -0.05) is 42.5 Å². The van der Waals surface area contributed by atoms with E-state index in [-0.39, 0.29) is 5.91 Å². The maximum atomic E-state index is 12.2. The number of benzene rings is 2. The third-order valence-corrected chi connectivity index (χ3v) is 3.39. The van der Waals surface area contributed by atoms with Crippen molar-refractivity contribution in [2.75, 3.05) is 0 Å². The highest BCUT2D eigenvalue weighted by molar-refractivity contribution is 5.94. The molecular formula is C18H17N3O. The Morgan fingerprint density at radius 3 is 2.59 bits per heavy atom. The van der Waals surface area contributed by atoms with E-state index in [0.29, 0.717) is 18.7 Å². The number of nitrogens with zero attached hydrogens (tertiary/aromatic N) is 2. The number of hydrogen-bond acceptors (Lipinski definition) is 2. The molecule has 0 unspecified atom stereocenters. The number of carbonyl (C=O) groups is 1. The summed E-state index contributed by atoms with van der Waals surface area (Å²) in [6.45, 7) is 1.19. The predicted octanol–water partition coefficient (Wildman–Crippen LogP) is 2.86. The van der Waals surface area contributed by atoms with Crippen LogP contribution in [0.15, 0.2) is 73.1 Å². The SMILES string of the molecule is O=C(NCc1ccccc1)c1cccc(Cn2cccn2)c1. The molecule has 0 radical (unpaired) electrons.